The summed E-state index contributed by atoms with van der Waals surface area (Å²) >= 11 is 5.23. The number of carbonyl (C=O) groups excluding carboxylic acids is 1. The average Bonchev–Trinajstić information content (AvgIpc) is 2.77. The van der Waals surface area contributed by atoms with Crippen LogP contribution in [0, 0.1) is 0 Å². The Morgan fingerprint density at radius 1 is 0.897 bits per heavy atom. The minimum absolute atomic E-state index is 0.271. The summed E-state index contributed by atoms with van der Waals surface area (Å²) in [6.07, 6.45) is 0.943. The number of thiocarbonyl (C=S) groups is 1. The molecule has 0 radical (unpaired) electrons. The number of para-hydroxylation sites is 1. The molecular weight excluding hydrogens is 382 g/mol. The van der Waals surface area contributed by atoms with Crippen LogP contribution in [0.1, 0.15) is 28.4 Å². The minimum atomic E-state index is -0.271. The zero-order valence-corrected chi connectivity index (χ0v) is 17.0. The lowest BCUT2D eigenvalue weighted by molar-refractivity contribution is 0.0944. The van der Waals surface area contributed by atoms with Gasteiger partial charge in [0.1, 0.15) is 12.4 Å². The van der Waals surface area contributed by atoms with Crippen LogP contribution in [0.15, 0.2) is 78.9 Å². The van der Waals surface area contributed by atoms with E-state index in [0.717, 1.165) is 23.4 Å². The van der Waals surface area contributed by atoms with Crippen molar-refractivity contribution in [2.75, 3.05) is 5.32 Å². The van der Waals surface area contributed by atoms with Crippen LogP contribution in [0.5, 0.6) is 5.75 Å². The normalized spacial score (nSPS) is 10.1. The Morgan fingerprint density at radius 2 is 1.66 bits per heavy atom. The molecule has 6 heteroatoms. The molecule has 0 aliphatic rings. The molecule has 0 aromatic heterocycles. The van der Waals surface area contributed by atoms with E-state index in [1.54, 1.807) is 12.1 Å². The predicted octanol–water partition coefficient (Wildman–Crippen LogP) is 4.46. The third-order valence-corrected chi connectivity index (χ3v) is 4.45. The van der Waals surface area contributed by atoms with Crippen molar-refractivity contribution in [1.29, 1.82) is 0 Å². The van der Waals surface area contributed by atoms with E-state index >= 15 is 0 Å². The van der Waals surface area contributed by atoms with Crippen molar-refractivity contribution >= 4 is 28.9 Å². The van der Waals surface area contributed by atoms with E-state index in [9.17, 15) is 4.79 Å². The topological polar surface area (TPSA) is 62.4 Å². The zero-order chi connectivity index (χ0) is 20.5. The monoisotopic (exact) mass is 405 g/mol. The number of carbonyl (C=O) groups is 1. The molecule has 3 N–H and O–H groups in total. The number of ether oxygens (including phenoxy) is 1. The van der Waals surface area contributed by atoms with Crippen molar-refractivity contribution in [3.05, 3.63) is 95.6 Å². The fourth-order valence-electron chi connectivity index (χ4n) is 2.65. The molecule has 0 aliphatic carbocycles. The van der Waals surface area contributed by atoms with Gasteiger partial charge in [0.05, 0.1) is 0 Å². The Morgan fingerprint density at radius 3 is 2.38 bits per heavy atom. The number of anilines is 1. The van der Waals surface area contributed by atoms with E-state index in [4.69, 9.17) is 17.0 Å². The summed E-state index contributed by atoms with van der Waals surface area (Å²) in [4.78, 5) is 12.3. The highest BCUT2D eigenvalue weighted by atomic mass is 32.1. The Bertz CT molecular complexity index is 959. The molecule has 0 heterocycles. The van der Waals surface area contributed by atoms with E-state index in [0.29, 0.717) is 17.3 Å². The second-order valence-electron chi connectivity index (χ2n) is 6.39. The van der Waals surface area contributed by atoms with E-state index < -0.39 is 0 Å². The number of amides is 1. The van der Waals surface area contributed by atoms with Crippen LogP contribution >= 0.6 is 12.2 Å². The lowest BCUT2D eigenvalue weighted by Gasteiger charge is -2.12. The quantitative estimate of drug-likeness (QED) is 0.418. The first kappa shape index (κ1) is 20.4. The van der Waals surface area contributed by atoms with Gasteiger partial charge < -0.3 is 10.1 Å². The SMILES string of the molecule is CCc1cccc(NC(=S)NNC(=O)c2ccc(COc3ccccc3)cc2)c1. The molecule has 0 unspecified atom stereocenters. The molecule has 0 bridgehead atoms. The Kier molecular flexibility index (Phi) is 7.19. The molecule has 1 amide bonds. The standard InChI is InChI=1S/C23H23N3O2S/c1-2-17-7-6-8-20(15-17)24-23(29)26-25-22(27)19-13-11-18(12-14-19)16-28-21-9-4-3-5-10-21/h3-15H,2,16H2,1H3,(H,25,27)(H2,24,26,29). The Hall–Kier alpha value is -3.38. The van der Waals surface area contributed by atoms with Gasteiger partial charge in [-0.2, -0.15) is 0 Å². The molecule has 5 nitrogen and oxygen atoms in total. The lowest BCUT2D eigenvalue weighted by Crippen LogP contribution is -2.43. The van der Waals surface area contributed by atoms with Gasteiger partial charge in [0, 0.05) is 11.3 Å². The Balaban J connectivity index is 1.46. The van der Waals surface area contributed by atoms with Crippen LogP contribution in [0.2, 0.25) is 0 Å². The molecule has 3 rings (SSSR count). The molecule has 0 atom stereocenters. The van der Waals surface area contributed by atoms with Crippen LogP contribution in [0.4, 0.5) is 5.69 Å². The van der Waals surface area contributed by atoms with Crippen molar-refractivity contribution in [2.24, 2.45) is 0 Å². The van der Waals surface area contributed by atoms with Gasteiger partial charge in [0.15, 0.2) is 5.11 Å². The molecular formula is C23H23N3O2S. The fraction of sp³-hybridized carbons (Fsp3) is 0.130. The average molecular weight is 406 g/mol. The summed E-state index contributed by atoms with van der Waals surface area (Å²) in [6.45, 7) is 2.53. The van der Waals surface area contributed by atoms with Gasteiger partial charge in [-0.1, -0.05) is 49.4 Å². The first-order chi connectivity index (χ1) is 14.1. The summed E-state index contributed by atoms with van der Waals surface area (Å²) in [5, 5.41) is 3.37. The lowest BCUT2D eigenvalue weighted by atomic mass is 10.1. The highest BCUT2D eigenvalue weighted by Crippen LogP contribution is 2.13. The zero-order valence-electron chi connectivity index (χ0n) is 16.1. The summed E-state index contributed by atoms with van der Waals surface area (Å²) < 4.78 is 5.71. The number of benzene rings is 3. The highest BCUT2D eigenvalue weighted by molar-refractivity contribution is 7.80. The third-order valence-electron chi connectivity index (χ3n) is 4.25. The maximum atomic E-state index is 12.3. The van der Waals surface area contributed by atoms with Crippen molar-refractivity contribution in [2.45, 2.75) is 20.0 Å². The summed E-state index contributed by atoms with van der Waals surface area (Å²) in [5.41, 5.74) is 8.91. The van der Waals surface area contributed by atoms with Gasteiger partial charge in [-0.25, -0.2) is 0 Å². The number of hydrogen-bond acceptors (Lipinski definition) is 3. The second kappa shape index (κ2) is 10.2. The molecule has 0 saturated heterocycles. The van der Waals surface area contributed by atoms with Gasteiger partial charge in [-0.05, 0) is 66.2 Å². The van der Waals surface area contributed by atoms with E-state index in [1.807, 2.05) is 60.7 Å². The van der Waals surface area contributed by atoms with Gasteiger partial charge in [0.2, 0.25) is 0 Å². The number of hydrogen-bond donors (Lipinski definition) is 3. The fourth-order valence-corrected chi connectivity index (χ4v) is 2.82. The first-order valence-corrected chi connectivity index (χ1v) is 9.78. The van der Waals surface area contributed by atoms with Crippen LogP contribution < -0.4 is 20.9 Å². The van der Waals surface area contributed by atoms with Crippen molar-refractivity contribution in [3.63, 3.8) is 0 Å². The van der Waals surface area contributed by atoms with E-state index in [1.165, 1.54) is 5.56 Å². The molecule has 148 valence electrons. The van der Waals surface area contributed by atoms with Crippen molar-refractivity contribution in [3.8, 4) is 5.75 Å². The van der Waals surface area contributed by atoms with Gasteiger partial charge >= 0.3 is 0 Å². The van der Waals surface area contributed by atoms with E-state index in [2.05, 4.69) is 29.2 Å². The molecule has 3 aromatic carbocycles. The number of aryl methyl sites for hydroxylation is 1. The summed E-state index contributed by atoms with van der Waals surface area (Å²) in [6, 6.07) is 24.8. The first-order valence-electron chi connectivity index (χ1n) is 9.37. The maximum Gasteiger partial charge on any atom is 0.269 e. The predicted molar refractivity (Wildman–Crippen MR) is 120 cm³/mol. The minimum Gasteiger partial charge on any atom is -0.489 e. The maximum absolute atomic E-state index is 12.3. The number of rotatable bonds is 6. The molecule has 0 aliphatic heterocycles. The smallest absolute Gasteiger partial charge is 0.269 e. The van der Waals surface area contributed by atoms with Gasteiger partial charge in [-0.15, -0.1) is 0 Å². The highest BCUT2D eigenvalue weighted by Gasteiger charge is 2.06. The Labute approximate surface area is 176 Å². The van der Waals surface area contributed by atoms with E-state index in [-0.39, 0.29) is 5.91 Å². The summed E-state index contributed by atoms with van der Waals surface area (Å²) in [7, 11) is 0. The van der Waals surface area contributed by atoms with Crippen molar-refractivity contribution in [1.82, 2.24) is 10.9 Å². The van der Waals surface area contributed by atoms with Gasteiger partial charge in [-0.3, -0.25) is 15.6 Å². The molecule has 0 fully saturated rings. The van der Waals surface area contributed by atoms with Crippen molar-refractivity contribution < 1.29 is 9.53 Å². The molecule has 29 heavy (non-hydrogen) atoms. The molecule has 0 saturated carbocycles. The number of nitrogens with one attached hydrogen (secondary N) is 3. The largest absolute Gasteiger partial charge is 0.489 e. The van der Waals surface area contributed by atoms with Crippen LogP contribution in [-0.4, -0.2) is 11.0 Å². The summed E-state index contributed by atoms with van der Waals surface area (Å²) in [5.74, 6) is 0.538. The molecule has 3 aromatic rings. The second-order valence-corrected chi connectivity index (χ2v) is 6.79. The van der Waals surface area contributed by atoms with Crippen LogP contribution in [-0.2, 0) is 13.0 Å². The van der Waals surface area contributed by atoms with Crippen LogP contribution in [0.3, 0.4) is 0 Å². The number of hydrazine groups is 1. The van der Waals surface area contributed by atoms with Crippen LogP contribution in [0.25, 0.3) is 0 Å². The van der Waals surface area contributed by atoms with Gasteiger partial charge in [0.25, 0.3) is 5.91 Å². The third kappa shape index (κ3) is 6.33. The molecule has 0 spiro atoms.